The van der Waals surface area contributed by atoms with Gasteiger partial charge in [0.25, 0.3) is 0 Å². The molecule has 0 saturated heterocycles. The van der Waals surface area contributed by atoms with Crippen LogP contribution in [0.3, 0.4) is 0 Å². The zero-order chi connectivity index (χ0) is 9.97. The Bertz CT molecular complexity index is 460. The van der Waals surface area contributed by atoms with Crippen LogP contribution in [0.1, 0.15) is 0 Å². The van der Waals surface area contributed by atoms with Gasteiger partial charge in [0.05, 0.1) is 6.20 Å². The smallest absolute Gasteiger partial charge is 0.229 e. The number of nitrogens with one attached hydrogen (secondary N) is 1. The van der Waals surface area contributed by atoms with Crippen molar-refractivity contribution in [1.82, 2.24) is 19.6 Å². The predicted octanol–water partition coefficient (Wildman–Crippen LogP) is 0.304. The van der Waals surface area contributed by atoms with Gasteiger partial charge in [-0.25, -0.2) is 0 Å². The summed E-state index contributed by atoms with van der Waals surface area (Å²) in [4.78, 5) is 8.02. The standard InChI is InChI=1S/C8H10N6/c1-2-4-10-8-13-7(9)12-6-3-5-11-14(6)8/h2-3,5H,1,4H2,(H3,9,10,12,13). The normalized spacial score (nSPS) is 10.3. The van der Waals surface area contributed by atoms with E-state index in [1.54, 1.807) is 22.9 Å². The highest BCUT2D eigenvalue weighted by molar-refractivity contribution is 5.47. The summed E-state index contributed by atoms with van der Waals surface area (Å²) in [5.41, 5.74) is 6.20. The number of aromatic nitrogens is 4. The van der Waals surface area contributed by atoms with E-state index >= 15 is 0 Å². The molecule has 0 unspecified atom stereocenters. The van der Waals surface area contributed by atoms with Gasteiger partial charge in [0, 0.05) is 12.6 Å². The van der Waals surface area contributed by atoms with E-state index in [0.29, 0.717) is 18.1 Å². The van der Waals surface area contributed by atoms with Gasteiger partial charge in [0.2, 0.25) is 11.9 Å². The average molecular weight is 190 g/mol. The van der Waals surface area contributed by atoms with E-state index in [1.165, 1.54) is 0 Å². The zero-order valence-corrected chi connectivity index (χ0v) is 7.51. The van der Waals surface area contributed by atoms with Crippen molar-refractivity contribution in [3.63, 3.8) is 0 Å². The van der Waals surface area contributed by atoms with Gasteiger partial charge in [-0.3, -0.25) is 0 Å². The van der Waals surface area contributed by atoms with Crippen LogP contribution in [0.5, 0.6) is 0 Å². The lowest BCUT2D eigenvalue weighted by molar-refractivity contribution is 0.898. The molecule has 0 amide bonds. The molecule has 0 aliphatic rings. The Morgan fingerprint density at radius 1 is 1.57 bits per heavy atom. The topological polar surface area (TPSA) is 81.1 Å². The number of hydrogen-bond donors (Lipinski definition) is 2. The summed E-state index contributed by atoms with van der Waals surface area (Å²) in [6.07, 6.45) is 3.37. The molecule has 14 heavy (non-hydrogen) atoms. The van der Waals surface area contributed by atoms with Gasteiger partial charge in [-0.15, -0.1) is 6.58 Å². The third-order valence-corrected chi connectivity index (χ3v) is 1.68. The number of rotatable bonds is 3. The van der Waals surface area contributed by atoms with Gasteiger partial charge in [-0.1, -0.05) is 6.08 Å². The fourth-order valence-corrected chi connectivity index (χ4v) is 1.12. The molecule has 0 fully saturated rings. The Balaban J connectivity index is 2.49. The maximum Gasteiger partial charge on any atom is 0.229 e. The second kappa shape index (κ2) is 3.33. The first kappa shape index (κ1) is 8.49. The fourth-order valence-electron chi connectivity index (χ4n) is 1.12. The maximum atomic E-state index is 5.53. The molecule has 2 aromatic rings. The summed E-state index contributed by atoms with van der Waals surface area (Å²) in [5.74, 6) is 0.793. The Morgan fingerprint density at radius 3 is 3.21 bits per heavy atom. The van der Waals surface area contributed by atoms with Crippen LogP contribution in [0, 0.1) is 0 Å². The first-order valence-corrected chi connectivity index (χ1v) is 4.13. The molecule has 0 aliphatic heterocycles. The summed E-state index contributed by atoms with van der Waals surface area (Å²) in [7, 11) is 0. The largest absolute Gasteiger partial charge is 0.368 e. The molecule has 0 saturated carbocycles. The van der Waals surface area contributed by atoms with Crippen LogP contribution >= 0.6 is 0 Å². The van der Waals surface area contributed by atoms with Gasteiger partial charge in [0.15, 0.2) is 5.65 Å². The summed E-state index contributed by atoms with van der Waals surface area (Å²) in [6.45, 7) is 4.20. The molecular formula is C8H10N6. The molecule has 6 heteroatoms. The molecule has 0 radical (unpaired) electrons. The van der Waals surface area contributed by atoms with Gasteiger partial charge >= 0.3 is 0 Å². The lowest BCUT2D eigenvalue weighted by Gasteiger charge is -2.04. The van der Waals surface area contributed by atoms with Crippen molar-refractivity contribution >= 4 is 17.5 Å². The fraction of sp³-hybridized carbons (Fsp3) is 0.125. The molecule has 3 N–H and O–H groups in total. The van der Waals surface area contributed by atoms with E-state index in [4.69, 9.17) is 5.73 Å². The zero-order valence-electron chi connectivity index (χ0n) is 7.51. The van der Waals surface area contributed by atoms with Crippen molar-refractivity contribution in [2.75, 3.05) is 17.6 Å². The molecule has 6 nitrogen and oxygen atoms in total. The first-order chi connectivity index (χ1) is 6.81. The second-order valence-electron chi connectivity index (χ2n) is 2.68. The van der Waals surface area contributed by atoms with E-state index < -0.39 is 0 Å². The minimum Gasteiger partial charge on any atom is -0.368 e. The maximum absolute atomic E-state index is 5.53. The molecule has 0 bridgehead atoms. The van der Waals surface area contributed by atoms with E-state index in [2.05, 4.69) is 27.0 Å². The van der Waals surface area contributed by atoms with Crippen molar-refractivity contribution < 1.29 is 0 Å². The SMILES string of the molecule is C=CCNc1nc(N)nc2ccnn12. The highest BCUT2D eigenvalue weighted by Gasteiger charge is 2.04. The number of anilines is 2. The Labute approximate surface area is 80.5 Å². The lowest BCUT2D eigenvalue weighted by Crippen LogP contribution is -2.10. The van der Waals surface area contributed by atoms with E-state index in [0.717, 1.165) is 0 Å². The Hall–Kier alpha value is -2.11. The summed E-state index contributed by atoms with van der Waals surface area (Å²) in [5, 5.41) is 7.07. The molecule has 2 heterocycles. The van der Waals surface area contributed by atoms with Crippen LogP contribution in [0.4, 0.5) is 11.9 Å². The number of nitrogens with two attached hydrogens (primary N) is 1. The molecule has 0 spiro atoms. The lowest BCUT2D eigenvalue weighted by atomic mass is 10.6. The molecule has 2 rings (SSSR count). The van der Waals surface area contributed by atoms with Crippen molar-refractivity contribution in [2.24, 2.45) is 0 Å². The molecule has 0 atom stereocenters. The predicted molar refractivity (Wildman–Crippen MR) is 53.9 cm³/mol. The Morgan fingerprint density at radius 2 is 2.43 bits per heavy atom. The summed E-state index contributed by atoms with van der Waals surface area (Å²) >= 11 is 0. The minimum atomic E-state index is 0.226. The molecular weight excluding hydrogens is 180 g/mol. The highest BCUT2D eigenvalue weighted by atomic mass is 15.4. The quantitative estimate of drug-likeness (QED) is 0.680. The van der Waals surface area contributed by atoms with Crippen LogP contribution in [0.25, 0.3) is 5.65 Å². The van der Waals surface area contributed by atoms with Crippen LogP contribution in [0.15, 0.2) is 24.9 Å². The van der Waals surface area contributed by atoms with Gasteiger partial charge in [-0.2, -0.15) is 19.6 Å². The van der Waals surface area contributed by atoms with Crippen molar-refractivity contribution in [1.29, 1.82) is 0 Å². The Kier molecular flexibility index (Phi) is 2.02. The van der Waals surface area contributed by atoms with Crippen molar-refractivity contribution in [3.8, 4) is 0 Å². The summed E-state index contributed by atoms with van der Waals surface area (Å²) < 4.78 is 1.58. The number of nitrogen functional groups attached to an aromatic ring is 1. The van der Waals surface area contributed by atoms with Crippen LogP contribution < -0.4 is 11.1 Å². The van der Waals surface area contributed by atoms with E-state index in [-0.39, 0.29) is 5.95 Å². The highest BCUT2D eigenvalue weighted by Crippen LogP contribution is 2.07. The number of fused-ring (bicyclic) bond motifs is 1. The molecule has 72 valence electrons. The monoisotopic (exact) mass is 190 g/mol. The van der Waals surface area contributed by atoms with Crippen LogP contribution in [-0.4, -0.2) is 26.1 Å². The minimum absolute atomic E-state index is 0.226. The molecule has 2 aromatic heterocycles. The second-order valence-corrected chi connectivity index (χ2v) is 2.68. The molecule has 0 aromatic carbocycles. The number of hydrogen-bond acceptors (Lipinski definition) is 5. The van der Waals surface area contributed by atoms with Crippen LogP contribution in [0.2, 0.25) is 0 Å². The first-order valence-electron chi connectivity index (χ1n) is 4.13. The number of nitrogens with zero attached hydrogens (tertiary/aromatic N) is 4. The van der Waals surface area contributed by atoms with Gasteiger partial charge < -0.3 is 11.1 Å². The van der Waals surface area contributed by atoms with E-state index in [1.807, 2.05) is 0 Å². The van der Waals surface area contributed by atoms with Gasteiger partial charge in [-0.05, 0) is 0 Å². The van der Waals surface area contributed by atoms with Crippen molar-refractivity contribution in [2.45, 2.75) is 0 Å². The van der Waals surface area contributed by atoms with E-state index in [9.17, 15) is 0 Å². The molecule has 0 aliphatic carbocycles. The van der Waals surface area contributed by atoms with Crippen molar-refractivity contribution in [3.05, 3.63) is 24.9 Å². The summed E-state index contributed by atoms with van der Waals surface area (Å²) in [6, 6.07) is 1.76. The van der Waals surface area contributed by atoms with Gasteiger partial charge in [0.1, 0.15) is 0 Å². The third-order valence-electron chi connectivity index (χ3n) is 1.68. The van der Waals surface area contributed by atoms with Crippen LogP contribution in [-0.2, 0) is 0 Å². The average Bonchev–Trinajstić information content (AvgIpc) is 2.61. The third kappa shape index (κ3) is 1.37.